The van der Waals surface area contributed by atoms with Crippen LogP contribution in [0.1, 0.15) is 51.0 Å². The molecule has 3 N–H and O–H groups in total. The van der Waals surface area contributed by atoms with Gasteiger partial charge in [-0.15, -0.1) is 24.0 Å². The summed E-state index contributed by atoms with van der Waals surface area (Å²) in [5, 5.41) is 3.32. The van der Waals surface area contributed by atoms with E-state index in [0.717, 1.165) is 12.0 Å². The van der Waals surface area contributed by atoms with Gasteiger partial charge in [0.1, 0.15) is 0 Å². The normalized spacial score (nSPS) is 16.0. The van der Waals surface area contributed by atoms with Crippen molar-refractivity contribution < 1.29 is 4.74 Å². The average Bonchev–Trinajstić information content (AvgIpc) is 2.52. The Morgan fingerprint density at radius 3 is 2.91 bits per heavy atom. The number of rotatable bonds is 6. The van der Waals surface area contributed by atoms with Gasteiger partial charge in [0.15, 0.2) is 5.96 Å². The van der Waals surface area contributed by atoms with Crippen LogP contribution in [0.4, 0.5) is 0 Å². The molecule has 0 spiro atoms. The molecule has 1 heterocycles. The van der Waals surface area contributed by atoms with Crippen molar-refractivity contribution in [1.29, 1.82) is 0 Å². The number of aromatic nitrogens is 1. The Morgan fingerprint density at radius 2 is 2.18 bits per heavy atom. The fourth-order valence-corrected chi connectivity index (χ4v) is 2.55. The number of nitrogens with zero attached hydrogens (tertiary/aromatic N) is 2. The molecule has 1 aliphatic carbocycles. The molecule has 0 aliphatic heterocycles. The highest BCUT2D eigenvalue weighted by Crippen LogP contribution is 2.18. The monoisotopic (exact) mass is 418 g/mol. The molecule has 1 aromatic rings. The third kappa shape index (κ3) is 6.37. The molecular weight excluding hydrogens is 391 g/mol. The van der Waals surface area contributed by atoms with Crippen LogP contribution >= 0.6 is 24.0 Å². The summed E-state index contributed by atoms with van der Waals surface area (Å²) in [4.78, 5) is 8.68. The Kier molecular flexibility index (Phi) is 9.19. The summed E-state index contributed by atoms with van der Waals surface area (Å²) in [5.41, 5.74) is 6.95. The molecule has 0 atom stereocenters. The van der Waals surface area contributed by atoms with E-state index >= 15 is 0 Å². The number of nitrogens with two attached hydrogens (primary N) is 1. The maximum atomic E-state index is 5.98. The van der Waals surface area contributed by atoms with E-state index in [1.54, 1.807) is 6.20 Å². The zero-order chi connectivity index (χ0) is 14.9. The number of aliphatic imine (C=N–C) groups is 1. The molecule has 1 fully saturated rings. The maximum absolute atomic E-state index is 5.98. The van der Waals surface area contributed by atoms with Crippen molar-refractivity contribution in [3.05, 3.63) is 23.9 Å². The number of hydrogen-bond acceptors (Lipinski definition) is 3. The quantitative estimate of drug-likeness (QED) is 0.423. The summed E-state index contributed by atoms with van der Waals surface area (Å²) < 4.78 is 5.63. The summed E-state index contributed by atoms with van der Waals surface area (Å²) >= 11 is 0. The van der Waals surface area contributed by atoms with Crippen LogP contribution in [0.15, 0.2) is 23.3 Å². The third-order valence-electron chi connectivity index (χ3n) is 3.67. The molecule has 0 radical (unpaired) electrons. The Labute approximate surface area is 150 Å². The van der Waals surface area contributed by atoms with Gasteiger partial charge in [0.25, 0.3) is 0 Å². The second-order valence-corrected chi connectivity index (χ2v) is 5.50. The van der Waals surface area contributed by atoms with E-state index in [0.29, 0.717) is 31.0 Å². The molecule has 124 valence electrons. The van der Waals surface area contributed by atoms with Crippen LogP contribution in [-0.2, 0) is 6.54 Å². The first-order valence-electron chi connectivity index (χ1n) is 7.92. The topological polar surface area (TPSA) is 72.5 Å². The SMILES string of the molecule is CCCOc1ncccc1CN=C(N)NC1CCCCC1.I. The molecule has 1 aliphatic rings. The predicted octanol–water partition coefficient (Wildman–Crippen LogP) is 3.23. The van der Waals surface area contributed by atoms with Crippen molar-refractivity contribution >= 4 is 29.9 Å². The van der Waals surface area contributed by atoms with Gasteiger partial charge in [-0.3, -0.25) is 0 Å². The van der Waals surface area contributed by atoms with E-state index in [-0.39, 0.29) is 24.0 Å². The van der Waals surface area contributed by atoms with Gasteiger partial charge in [0.05, 0.1) is 13.2 Å². The second kappa shape index (κ2) is 10.6. The van der Waals surface area contributed by atoms with Gasteiger partial charge in [-0.2, -0.15) is 0 Å². The Balaban J connectivity index is 0.00000242. The molecule has 1 aromatic heterocycles. The predicted molar refractivity (Wildman–Crippen MR) is 101 cm³/mol. The molecule has 22 heavy (non-hydrogen) atoms. The van der Waals surface area contributed by atoms with Crippen molar-refractivity contribution in [3.8, 4) is 5.88 Å². The fraction of sp³-hybridized carbons (Fsp3) is 0.625. The van der Waals surface area contributed by atoms with E-state index in [1.807, 2.05) is 12.1 Å². The van der Waals surface area contributed by atoms with Gasteiger partial charge < -0.3 is 15.8 Å². The summed E-state index contributed by atoms with van der Waals surface area (Å²) in [5.74, 6) is 1.18. The molecule has 0 aromatic carbocycles. The summed E-state index contributed by atoms with van der Waals surface area (Å²) in [7, 11) is 0. The number of nitrogens with one attached hydrogen (secondary N) is 1. The summed E-state index contributed by atoms with van der Waals surface area (Å²) in [6.07, 6.45) is 8.97. The molecule has 0 bridgehead atoms. The maximum Gasteiger partial charge on any atom is 0.218 e. The highest BCUT2D eigenvalue weighted by Gasteiger charge is 2.13. The van der Waals surface area contributed by atoms with Crippen molar-refractivity contribution in [2.24, 2.45) is 10.7 Å². The number of ether oxygens (including phenoxy) is 1. The van der Waals surface area contributed by atoms with Crippen molar-refractivity contribution in [2.75, 3.05) is 6.61 Å². The Hall–Kier alpha value is -1.05. The fourth-order valence-electron chi connectivity index (χ4n) is 2.55. The summed E-state index contributed by atoms with van der Waals surface area (Å²) in [6, 6.07) is 4.36. The van der Waals surface area contributed by atoms with Gasteiger partial charge in [0, 0.05) is 17.8 Å². The average molecular weight is 418 g/mol. The van der Waals surface area contributed by atoms with Gasteiger partial charge >= 0.3 is 0 Å². The number of pyridine rings is 1. The van der Waals surface area contributed by atoms with E-state index in [2.05, 4.69) is 22.2 Å². The highest BCUT2D eigenvalue weighted by molar-refractivity contribution is 14.0. The molecule has 5 nitrogen and oxygen atoms in total. The van der Waals surface area contributed by atoms with E-state index in [4.69, 9.17) is 10.5 Å². The lowest BCUT2D eigenvalue weighted by molar-refractivity contribution is 0.302. The molecule has 0 amide bonds. The highest BCUT2D eigenvalue weighted by atomic mass is 127. The smallest absolute Gasteiger partial charge is 0.218 e. The first-order valence-corrected chi connectivity index (χ1v) is 7.92. The van der Waals surface area contributed by atoms with Crippen molar-refractivity contribution in [3.63, 3.8) is 0 Å². The first kappa shape index (κ1) is 19.0. The van der Waals surface area contributed by atoms with Gasteiger partial charge in [-0.25, -0.2) is 9.98 Å². The van der Waals surface area contributed by atoms with Crippen LogP contribution in [0, 0.1) is 0 Å². The van der Waals surface area contributed by atoms with Crippen molar-refractivity contribution in [1.82, 2.24) is 10.3 Å². The molecule has 0 unspecified atom stereocenters. The lowest BCUT2D eigenvalue weighted by Crippen LogP contribution is -2.41. The van der Waals surface area contributed by atoms with Crippen LogP contribution in [-0.4, -0.2) is 23.6 Å². The van der Waals surface area contributed by atoms with Crippen LogP contribution in [0.2, 0.25) is 0 Å². The number of halogens is 1. The second-order valence-electron chi connectivity index (χ2n) is 5.50. The lowest BCUT2D eigenvalue weighted by atomic mass is 9.96. The van der Waals surface area contributed by atoms with Gasteiger partial charge in [-0.1, -0.05) is 32.3 Å². The van der Waals surface area contributed by atoms with Gasteiger partial charge in [-0.05, 0) is 25.3 Å². The Morgan fingerprint density at radius 1 is 1.41 bits per heavy atom. The minimum atomic E-state index is 0. The molecule has 2 rings (SSSR count). The molecule has 0 saturated heterocycles. The largest absolute Gasteiger partial charge is 0.477 e. The minimum absolute atomic E-state index is 0. The van der Waals surface area contributed by atoms with E-state index in [9.17, 15) is 0 Å². The van der Waals surface area contributed by atoms with E-state index in [1.165, 1.54) is 32.1 Å². The van der Waals surface area contributed by atoms with Gasteiger partial charge in [0.2, 0.25) is 5.88 Å². The van der Waals surface area contributed by atoms with Crippen LogP contribution in [0.25, 0.3) is 0 Å². The molecular formula is C16H27IN4O. The lowest BCUT2D eigenvalue weighted by Gasteiger charge is -2.23. The Bertz CT molecular complexity index is 461. The van der Waals surface area contributed by atoms with Crippen LogP contribution in [0.5, 0.6) is 5.88 Å². The molecule has 1 saturated carbocycles. The van der Waals surface area contributed by atoms with Crippen LogP contribution in [0.3, 0.4) is 0 Å². The van der Waals surface area contributed by atoms with E-state index < -0.39 is 0 Å². The first-order chi connectivity index (χ1) is 10.3. The van der Waals surface area contributed by atoms with Crippen LogP contribution < -0.4 is 15.8 Å². The molecule has 6 heteroatoms. The summed E-state index contributed by atoms with van der Waals surface area (Å²) in [6.45, 7) is 3.24. The zero-order valence-corrected chi connectivity index (χ0v) is 15.6. The number of guanidine groups is 1. The minimum Gasteiger partial charge on any atom is -0.477 e. The van der Waals surface area contributed by atoms with Crippen molar-refractivity contribution in [2.45, 2.75) is 58.0 Å². The zero-order valence-electron chi connectivity index (χ0n) is 13.3. The third-order valence-corrected chi connectivity index (χ3v) is 3.67. The number of hydrogen-bond donors (Lipinski definition) is 2. The standard InChI is InChI=1S/C16H26N4O.HI/c1-2-11-21-15-13(7-6-10-18-15)12-19-16(17)20-14-8-4-3-5-9-14;/h6-7,10,14H,2-5,8-9,11-12H2,1H3,(H3,17,19,20);1H.